The van der Waals surface area contributed by atoms with E-state index in [0.717, 1.165) is 54.2 Å². The standard InChI is InChI=1S/C17H23BrN2O.2ClH/c1-3-19-9-4-10-20-12-15-6-8-17(21-15)16-7-5-14(18)11-13(16)2;;/h5-8,11,19-20H,3-4,9-10,12H2,1-2H3;2*1H. The molecule has 0 radical (unpaired) electrons. The SMILES string of the molecule is CCNCCCNCc1ccc(-c2ccc(Br)cc2C)o1.Cl.Cl. The molecule has 2 rings (SSSR count). The van der Waals surface area contributed by atoms with Crippen molar-refractivity contribution in [2.75, 3.05) is 19.6 Å². The van der Waals surface area contributed by atoms with Crippen molar-refractivity contribution in [1.29, 1.82) is 0 Å². The molecule has 3 nitrogen and oxygen atoms in total. The third kappa shape index (κ3) is 7.27. The summed E-state index contributed by atoms with van der Waals surface area (Å²) in [5.74, 6) is 1.92. The Morgan fingerprint density at radius 2 is 1.78 bits per heavy atom. The Balaban J connectivity index is 0.00000242. The third-order valence-electron chi connectivity index (χ3n) is 3.37. The van der Waals surface area contributed by atoms with Gasteiger partial charge in [-0.05, 0) is 68.9 Å². The Bertz CT molecular complexity index is 575. The summed E-state index contributed by atoms with van der Waals surface area (Å²) in [6, 6.07) is 10.3. The molecule has 0 bridgehead atoms. The van der Waals surface area contributed by atoms with Crippen LogP contribution in [0.4, 0.5) is 0 Å². The fourth-order valence-corrected chi connectivity index (χ4v) is 2.72. The highest BCUT2D eigenvalue weighted by molar-refractivity contribution is 9.10. The molecule has 6 heteroatoms. The molecule has 0 atom stereocenters. The average molecular weight is 424 g/mol. The molecule has 130 valence electrons. The zero-order valence-electron chi connectivity index (χ0n) is 13.5. The molecule has 0 saturated heterocycles. The zero-order chi connectivity index (χ0) is 15.1. The topological polar surface area (TPSA) is 37.2 Å². The lowest BCUT2D eigenvalue weighted by molar-refractivity contribution is 0.488. The molecule has 0 fully saturated rings. The number of nitrogens with one attached hydrogen (secondary N) is 2. The first-order valence-electron chi connectivity index (χ1n) is 7.47. The summed E-state index contributed by atoms with van der Waals surface area (Å²) < 4.78 is 7.02. The minimum Gasteiger partial charge on any atom is -0.460 e. The van der Waals surface area contributed by atoms with Gasteiger partial charge in [-0.25, -0.2) is 0 Å². The maximum atomic E-state index is 5.92. The molecular weight excluding hydrogens is 399 g/mol. The van der Waals surface area contributed by atoms with E-state index in [1.165, 1.54) is 5.56 Å². The van der Waals surface area contributed by atoms with E-state index in [9.17, 15) is 0 Å². The van der Waals surface area contributed by atoms with E-state index in [1.54, 1.807) is 0 Å². The second-order valence-corrected chi connectivity index (χ2v) is 6.02. The summed E-state index contributed by atoms with van der Waals surface area (Å²) in [5.41, 5.74) is 2.36. The highest BCUT2D eigenvalue weighted by Crippen LogP contribution is 2.27. The van der Waals surface area contributed by atoms with Gasteiger partial charge in [-0.3, -0.25) is 0 Å². The maximum Gasteiger partial charge on any atom is 0.134 e. The first-order valence-corrected chi connectivity index (χ1v) is 8.26. The van der Waals surface area contributed by atoms with Crippen LogP contribution in [0, 0.1) is 6.92 Å². The predicted octanol–water partition coefficient (Wildman–Crippen LogP) is 4.95. The van der Waals surface area contributed by atoms with Crippen molar-refractivity contribution in [3.8, 4) is 11.3 Å². The van der Waals surface area contributed by atoms with Gasteiger partial charge in [0.15, 0.2) is 0 Å². The van der Waals surface area contributed by atoms with Gasteiger partial charge in [0.05, 0.1) is 6.54 Å². The van der Waals surface area contributed by atoms with Crippen molar-refractivity contribution < 1.29 is 4.42 Å². The van der Waals surface area contributed by atoms with E-state index >= 15 is 0 Å². The molecule has 1 heterocycles. The van der Waals surface area contributed by atoms with Crippen molar-refractivity contribution in [2.45, 2.75) is 26.8 Å². The predicted molar refractivity (Wildman–Crippen MR) is 106 cm³/mol. The Morgan fingerprint density at radius 1 is 1.04 bits per heavy atom. The maximum absolute atomic E-state index is 5.92. The third-order valence-corrected chi connectivity index (χ3v) is 3.87. The molecule has 0 aliphatic heterocycles. The second kappa shape index (κ2) is 11.9. The van der Waals surface area contributed by atoms with Gasteiger partial charge in [-0.2, -0.15) is 0 Å². The van der Waals surface area contributed by atoms with Crippen LogP contribution in [0.15, 0.2) is 39.2 Å². The molecule has 0 aliphatic rings. The summed E-state index contributed by atoms with van der Waals surface area (Å²) in [6.07, 6.45) is 1.13. The van der Waals surface area contributed by atoms with E-state index in [1.807, 2.05) is 18.2 Å². The molecule has 0 saturated carbocycles. The van der Waals surface area contributed by atoms with Crippen molar-refractivity contribution in [1.82, 2.24) is 10.6 Å². The van der Waals surface area contributed by atoms with Crippen LogP contribution in [0.5, 0.6) is 0 Å². The Hall–Kier alpha value is -0.520. The van der Waals surface area contributed by atoms with Gasteiger partial charge < -0.3 is 15.1 Å². The Morgan fingerprint density at radius 3 is 2.48 bits per heavy atom. The second-order valence-electron chi connectivity index (χ2n) is 5.11. The van der Waals surface area contributed by atoms with Gasteiger partial charge in [-0.1, -0.05) is 22.9 Å². The first kappa shape index (κ1) is 22.5. The van der Waals surface area contributed by atoms with Crippen LogP contribution in [0.25, 0.3) is 11.3 Å². The van der Waals surface area contributed by atoms with E-state index in [0.29, 0.717) is 0 Å². The van der Waals surface area contributed by atoms with Crippen molar-refractivity contribution in [3.63, 3.8) is 0 Å². The smallest absolute Gasteiger partial charge is 0.134 e. The van der Waals surface area contributed by atoms with Gasteiger partial charge >= 0.3 is 0 Å². The summed E-state index contributed by atoms with van der Waals surface area (Å²) in [6.45, 7) is 8.10. The monoisotopic (exact) mass is 422 g/mol. The van der Waals surface area contributed by atoms with Crippen LogP contribution in [-0.4, -0.2) is 19.6 Å². The van der Waals surface area contributed by atoms with Crippen molar-refractivity contribution >= 4 is 40.7 Å². The highest BCUT2D eigenvalue weighted by Gasteiger charge is 2.07. The molecule has 0 aliphatic carbocycles. The van der Waals surface area contributed by atoms with Gasteiger partial charge in [0, 0.05) is 10.0 Å². The lowest BCUT2D eigenvalue weighted by Crippen LogP contribution is -2.21. The average Bonchev–Trinajstić information content (AvgIpc) is 2.91. The fourth-order valence-electron chi connectivity index (χ4n) is 2.25. The summed E-state index contributed by atoms with van der Waals surface area (Å²) >= 11 is 3.49. The first-order chi connectivity index (χ1) is 10.2. The van der Waals surface area contributed by atoms with Gasteiger partial charge in [0.2, 0.25) is 0 Å². The quantitative estimate of drug-likeness (QED) is 0.589. The molecule has 1 aromatic heterocycles. The molecule has 2 aromatic rings. The number of rotatable bonds is 8. The minimum absolute atomic E-state index is 0. The molecular formula is C17H25BrCl2N2O. The van der Waals surface area contributed by atoms with Crippen LogP contribution in [0.2, 0.25) is 0 Å². The zero-order valence-corrected chi connectivity index (χ0v) is 16.7. The van der Waals surface area contributed by atoms with Crippen LogP contribution in [-0.2, 0) is 6.54 Å². The largest absolute Gasteiger partial charge is 0.460 e. The van der Waals surface area contributed by atoms with Gasteiger partial charge in [0.1, 0.15) is 11.5 Å². The molecule has 1 aromatic carbocycles. The van der Waals surface area contributed by atoms with Gasteiger partial charge in [0.25, 0.3) is 0 Å². The molecule has 2 N–H and O–H groups in total. The van der Waals surface area contributed by atoms with E-state index in [4.69, 9.17) is 4.42 Å². The van der Waals surface area contributed by atoms with Crippen LogP contribution >= 0.6 is 40.7 Å². The van der Waals surface area contributed by atoms with E-state index < -0.39 is 0 Å². The Labute approximate surface area is 159 Å². The van der Waals surface area contributed by atoms with Crippen LogP contribution in [0.3, 0.4) is 0 Å². The van der Waals surface area contributed by atoms with Crippen LogP contribution in [0.1, 0.15) is 24.7 Å². The lowest BCUT2D eigenvalue weighted by atomic mass is 10.1. The molecule has 23 heavy (non-hydrogen) atoms. The number of hydrogen-bond acceptors (Lipinski definition) is 3. The Kier molecular flexibility index (Phi) is 11.7. The highest BCUT2D eigenvalue weighted by atomic mass is 79.9. The minimum atomic E-state index is 0. The summed E-state index contributed by atoms with van der Waals surface area (Å²) in [5, 5.41) is 6.72. The summed E-state index contributed by atoms with van der Waals surface area (Å²) in [7, 11) is 0. The number of benzene rings is 1. The number of halogens is 3. The van der Waals surface area contributed by atoms with Crippen molar-refractivity contribution in [2.24, 2.45) is 0 Å². The van der Waals surface area contributed by atoms with Gasteiger partial charge in [-0.15, -0.1) is 24.8 Å². The number of furan rings is 1. The normalized spacial score (nSPS) is 10.0. The number of aryl methyl sites for hydroxylation is 1. The lowest BCUT2D eigenvalue weighted by Gasteiger charge is -2.04. The van der Waals surface area contributed by atoms with Crippen molar-refractivity contribution in [3.05, 3.63) is 46.1 Å². The molecule has 0 spiro atoms. The summed E-state index contributed by atoms with van der Waals surface area (Å²) in [4.78, 5) is 0. The fraction of sp³-hybridized carbons (Fsp3) is 0.412. The van der Waals surface area contributed by atoms with Crippen LogP contribution < -0.4 is 10.6 Å². The molecule has 0 unspecified atom stereocenters. The van der Waals surface area contributed by atoms with E-state index in [2.05, 4.69) is 52.5 Å². The number of hydrogen-bond donors (Lipinski definition) is 2. The molecule has 0 amide bonds. The van der Waals surface area contributed by atoms with E-state index in [-0.39, 0.29) is 24.8 Å².